The summed E-state index contributed by atoms with van der Waals surface area (Å²) in [5.74, 6) is -0.666. The van der Waals surface area contributed by atoms with Crippen molar-refractivity contribution in [1.29, 1.82) is 0 Å². The highest BCUT2D eigenvalue weighted by molar-refractivity contribution is 7.89. The Morgan fingerprint density at radius 1 is 1.05 bits per heavy atom. The lowest BCUT2D eigenvalue weighted by atomic mass is 10.0. The zero-order valence-corrected chi connectivity index (χ0v) is 25.0. The van der Waals surface area contributed by atoms with Crippen molar-refractivity contribution in [3.63, 3.8) is 0 Å². The topological polar surface area (TPSA) is 109 Å². The van der Waals surface area contributed by atoms with Gasteiger partial charge in [0.25, 0.3) is 0 Å². The number of carbonyl (C=O) groups is 1. The Hall–Kier alpha value is -3.19. The minimum atomic E-state index is -4.00. The van der Waals surface area contributed by atoms with Crippen LogP contribution in [0.25, 0.3) is 0 Å². The van der Waals surface area contributed by atoms with Crippen LogP contribution in [0.5, 0.6) is 11.5 Å². The second-order valence-electron chi connectivity index (χ2n) is 10.3. The Labute approximate surface area is 257 Å². The molecule has 2 aromatic carbocycles. The normalized spacial score (nSPS) is 18.0. The number of hydrogen-bond acceptors (Lipinski definition) is 7. The SMILES string of the molecule is O=C(OC(Cc1c(Cl)c[n+]([O-])cc1Cl)c1ccc(OC(F)F)c(OCC2CC2)c1)C1CCCN1S(=O)(=O)c1ccccc1. The third kappa shape index (κ3) is 7.49. The first-order chi connectivity index (χ1) is 20.5. The van der Waals surface area contributed by atoms with Crippen LogP contribution in [-0.4, -0.2) is 44.5 Å². The van der Waals surface area contributed by atoms with Crippen LogP contribution in [0.2, 0.25) is 10.0 Å². The summed E-state index contributed by atoms with van der Waals surface area (Å²) in [4.78, 5) is 13.7. The lowest BCUT2D eigenvalue weighted by Crippen LogP contribution is -2.41. The van der Waals surface area contributed by atoms with Gasteiger partial charge in [0.1, 0.15) is 22.2 Å². The fraction of sp³-hybridized carbons (Fsp3) is 0.379. The quantitative estimate of drug-likeness (QED) is 0.140. The number of ether oxygens (including phenoxy) is 3. The summed E-state index contributed by atoms with van der Waals surface area (Å²) in [5, 5.41) is 11.9. The van der Waals surface area contributed by atoms with Gasteiger partial charge in [-0.25, -0.2) is 8.42 Å². The van der Waals surface area contributed by atoms with Gasteiger partial charge in [0.05, 0.1) is 11.5 Å². The minimum absolute atomic E-state index is 0.0144. The molecule has 5 rings (SSSR count). The average Bonchev–Trinajstić information content (AvgIpc) is 3.65. The van der Waals surface area contributed by atoms with Crippen LogP contribution in [0.4, 0.5) is 8.78 Å². The van der Waals surface area contributed by atoms with Crippen LogP contribution in [0, 0.1) is 11.1 Å². The van der Waals surface area contributed by atoms with Crippen molar-refractivity contribution >= 4 is 39.2 Å². The fourth-order valence-electron chi connectivity index (χ4n) is 4.87. The van der Waals surface area contributed by atoms with Crippen LogP contribution in [0.15, 0.2) is 65.8 Å². The number of rotatable bonds is 12. The van der Waals surface area contributed by atoms with Crippen molar-refractivity contribution in [3.8, 4) is 11.5 Å². The van der Waals surface area contributed by atoms with Gasteiger partial charge in [-0.1, -0.05) is 47.5 Å². The molecule has 0 spiro atoms. The summed E-state index contributed by atoms with van der Waals surface area (Å²) in [6.45, 7) is -2.68. The molecule has 43 heavy (non-hydrogen) atoms. The monoisotopic (exact) mass is 656 g/mol. The van der Waals surface area contributed by atoms with Gasteiger partial charge in [0.2, 0.25) is 10.0 Å². The summed E-state index contributed by atoms with van der Waals surface area (Å²) in [6, 6.07) is 10.8. The highest BCUT2D eigenvalue weighted by atomic mass is 35.5. The second kappa shape index (κ2) is 13.2. The molecule has 1 aliphatic carbocycles. The maximum atomic E-state index is 13.6. The van der Waals surface area contributed by atoms with E-state index in [1.165, 1.54) is 30.3 Å². The lowest BCUT2D eigenvalue weighted by Gasteiger charge is -2.26. The van der Waals surface area contributed by atoms with E-state index in [0.29, 0.717) is 34.8 Å². The molecule has 2 atom stereocenters. The summed E-state index contributed by atoms with van der Waals surface area (Å²) in [7, 11) is -4.00. The molecule has 0 amide bonds. The zero-order valence-electron chi connectivity index (χ0n) is 22.7. The van der Waals surface area contributed by atoms with Gasteiger partial charge in [-0.2, -0.15) is 17.8 Å². The smallest absolute Gasteiger partial charge is 0.387 e. The molecule has 9 nitrogen and oxygen atoms in total. The van der Waals surface area contributed by atoms with Gasteiger partial charge in [-0.3, -0.25) is 4.79 Å². The molecule has 2 aliphatic rings. The number of sulfonamides is 1. The Bertz CT molecular complexity index is 1550. The largest absolute Gasteiger partial charge is 0.619 e. The van der Waals surface area contributed by atoms with Crippen LogP contribution in [-0.2, 0) is 26.0 Å². The molecule has 14 heteroatoms. The van der Waals surface area contributed by atoms with Gasteiger partial charge in [0.15, 0.2) is 23.9 Å². The fourth-order valence-corrected chi connectivity index (χ4v) is 7.14. The molecule has 1 aromatic heterocycles. The number of esters is 1. The third-order valence-corrected chi connectivity index (χ3v) is 9.83. The summed E-state index contributed by atoms with van der Waals surface area (Å²) in [5.41, 5.74) is 0.629. The molecule has 1 saturated carbocycles. The van der Waals surface area contributed by atoms with Crippen molar-refractivity contribution < 1.29 is 40.9 Å². The van der Waals surface area contributed by atoms with E-state index in [9.17, 15) is 27.2 Å². The average molecular weight is 658 g/mol. The molecule has 230 valence electrons. The maximum Gasteiger partial charge on any atom is 0.387 e. The Morgan fingerprint density at radius 3 is 2.40 bits per heavy atom. The van der Waals surface area contributed by atoms with E-state index in [2.05, 4.69) is 4.74 Å². The molecule has 3 aromatic rings. The van der Waals surface area contributed by atoms with E-state index < -0.39 is 34.7 Å². The first kappa shape index (κ1) is 31.2. The first-order valence-electron chi connectivity index (χ1n) is 13.6. The number of halogens is 4. The van der Waals surface area contributed by atoms with E-state index in [1.54, 1.807) is 18.2 Å². The second-order valence-corrected chi connectivity index (χ2v) is 13.1. The highest BCUT2D eigenvalue weighted by Gasteiger charge is 2.41. The van der Waals surface area contributed by atoms with Crippen molar-refractivity contribution in [1.82, 2.24) is 4.31 Å². The minimum Gasteiger partial charge on any atom is -0.619 e. The molecule has 2 unspecified atom stereocenters. The van der Waals surface area contributed by atoms with Crippen molar-refractivity contribution in [2.75, 3.05) is 13.2 Å². The molecule has 0 N–H and O–H groups in total. The summed E-state index contributed by atoms with van der Waals surface area (Å²) < 4.78 is 70.9. The van der Waals surface area contributed by atoms with E-state index >= 15 is 0 Å². The van der Waals surface area contributed by atoms with Gasteiger partial charge in [-0.05, 0) is 61.4 Å². The van der Waals surface area contributed by atoms with E-state index in [0.717, 1.165) is 29.5 Å². The number of hydrogen-bond donors (Lipinski definition) is 0. The first-order valence-corrected chi connectivity index (χ1v) is 15.8. The van der Waals surface area contributed by atoms with Gasteiger partial charge < -0.3 is 19.4 Å². The van der Waals surface area contributed by atoms with Gasteiger partial charge in [0, 0.05) is 18.5 Å². The number of aromatic nitrogens is 1. The Balaban J connectivity index is 1.47. The van der Waals surface area contributed by atoms with Gasteiger partial charge in [-0.15, -0.1) is 0 Å². The summed E-state index contributed by atoms with van der Waals surface area (Å²) in [6.07, 6.45) is 3.55. The van der Waals surface area contributed by atoms with E-state index in [4.69, 9.17) is 32.7 Å². The number of benzene rings is 2. The third-order valence-electron chi connectivity index (χ3n) is 7.26. The van der Waals surface area contributed by atoms with Crippen molar-refractivity contribution in [3.05, 3.63) is 87.3 Å². The number of alkyl halides is 2. The van der Waals surface area contributed by atoms with Gasteiger partial charge >= 0.3 is 12.6 Å². The summed E-state index contributed by atoms with van der Waals surface area (Å²) >= 11 is 12.6. The number of pyridine rings is 1. The predicted molar refractivity (Wildman–Crippen MR) is 153 cm³/mol. The lowest BCUT2D eigenvalue weighted by molar-refractivity contribution is -0.605. The van der Waals surface area contributed by atoms with Crippen LogP contribution in [0.1, 0.15) is 42.9 Å². The molecule has 0 bridgehead atoms. The number of nitrogens with zero attached hydrogens (tertiary/aromatic N) is 2. The highest BCUT2D eigenvalue weighted by Crippen LogP contribution is 2.38. The van der Waals surface area contributed by atoms with Crippen molar-refractivity contribution in [2.45, 2.75) is 55.8 Å². The standard InChI is InChI=1S/C29H28Cl2F2N2O7S/c30-22-15-34(37)16-23(31)21(22)14-26(19-10-11-25(42-29(32)33)27(13-19)40-17-18-8-9-18)41-28(36)24-7-4-12-35(24)43(38,39)20-5-2-1-3-6-20/h1-3,5-6,10-11,13,15-16,18,24,26,29H,4,7-9,12,14,17H2. The van der Waals surface area contributed by atoms with Crippen molar-refractivity contribution in [2.24, 2.45) is 5.92 Å². The molecule has 0 radical (unpaired) electrons. The Kier molecular flexibility index (Phi) is 9.60. The Morgan fingerprint density at radius 2 is 1.74 bits per heavy atom. The molecular weight excluding hydrogens is 629 g/mol. The molecule has 2 heterocycles. The molecule has 1 saturated heterocycles. The maximum absolute atomic E-state index is 13.6. The van der Waals surface area contributed by atoms with E-state index in [-0.39, 0.29) is 45.8 Å². The van der Waals surface area contributed by atoms with E-state index in [1.807, 2.05) is 0 Å². The zero-order chi connectivity index (χ0) is 30.7. The van der Waals surface area contributed by atoms with Crippen LogP contribution < -0.4 is 14.2 Å². The molecule has 2 fully saturated rings. The molecular formula is C29H28Cl2F2N2O7S. The number of carbonyl (C=O) groups excluding carboxylic acids is 1. The predicted octanol–water partition coefficient (Wildman–Crippen LogP) is 5.70. The van der Waals surface area contributed by atoms with Crippen LogP contribution in [0.3, 0.4) is 0 Å². The molecule has 1 aliphatic heterocycles. The van der Waals surface area contributed by atoms with Crippen LogP contribution >= 0.6 is 23.2 Å².